The number of nitrogens with zero attached hydrogens (tertiary/aromatic N) is 3. The van der Waals surface area contributed by atoms with E-state index in [4.69, 9.17) is 4.42 Å². The van der Waals surface area contributed by atoms with Crippen LogP contribution in [0.2, 0.25) is 0 Å². The first kappa shape index (κ1) is 22.7. The van der Waals surface area contributed by atoms with Crippen molar-refractivity contribution in [2.24, 2.45) is 0 Å². The van der Waals surface area contributed by atoms with Crippen LogP contribution in [0, 0.1) is 0 Å². The van der Waals surface area contributed by atoms with E-state index in [1.54, 1.807) is 30.4 Å². The molecule has 0 aliphatic carbocycles. The first-order valence-electron chi connectivity index (χ1n) is 11.1. The van der Waals surface area contributed by atoms with E-state index in [1.807, 2.05) is 24.4 Å². The molecule has 10 heteroatoms. The van der Waals surface area contributed by atoms with Crippen molar-refractivity contribution < 1.29 is 18.8 Å². The van der Waals surface area contributed by atoms with Gasteiger partial charge in [0.05, 0.1) is 22.9 Å². The van der Waals surface area contributed by atoms with E-state index in [0.29, 0.717) is 48.3 Å². The van der Waals surface area contributed by atoms with Crippen LogP contribution in [0.15, 0.2) is 53.5 Å². The molecule has 0 atom stereocenters. The molecule has 4 amide bonds. The van der Waals surface area contributed by atoms with Gasteiger partial charge in [-0.2, -0.15) is 0 Å². The van der Waals surface area contributed by atoms with E-state index in [0.717, 1.165) is 21.9 Å². The van der Waals surface area contributed by atoms with Crippen molar-refractivity contribution in [2.45, 2.75) is 13.0 Å². The summed E-state index contributed by atoms with van der Waals surface area (Å²) in [7, 11) is 1.62. The minimum atomic E-state index is -0.474. The number of furan rings is 1. The molecule has 0 bridgehead atoms. The highest BCUT2D eigenvalue weighted by Crippen LogP contribution is 2.39. The zero-order chi connectivity index (χ0) is 23.4. The molecule has 0 saturated heterocycles. The highest BCUT2D eigenvalue weighted by Gasteiger charge is 2.36. The number of para-hydroxylation sites is 1. The molecule has 35 heavy (non-hydrogen) atoms. The number of fused-ring (bicyclic) bond motifs is 1. The Bertz CT molecular complexity index is 1550. The smallest absolute Gasteiger partial charge is 0.317 e. The number of halogens is 1. The summed E-state index contributed by atoms with van der Waals surface area (Å²) in [6, 6.07) is 7.61. The Morgan fingerprint density at radius 1 is 1.06 bits per heavy atom. The molecule has 1 aromatic carbocycles. The number of carbonyl (C=O) groups excluding carboxylic acids is 3. The second-order valence-corrected chi connectivity index (χ2v) is 8.40. The number of hydrogen-bond acceptors (Lipinski definition) is 5. The van der Waals surface area contributed by atoms with Crippen LogP contribution in [0.4, 0.5) is 4.79 Å². The quantitative estimate of drug-likeness (QED) is 0.419. The van der Waals surface area contributed by atoms with Gasteiger partial charge < -0.3 is 19.2 Å². The number of nitrogens with one attached hydrogen (secondary N) is 2. The van der Waals surface area contributed by atoms with Crippen molar-refractivity contribution in [1.29, 1.82) is 0 Å². The van der Waals surface area contributed by atoms with Gasteiger partial charge in [-0.25, -0.2) is 4.79 Å². The molecule has 9 nitrogen and oxygen atoms in total. The number of urea groups is 1. The van der Waals surface area contributed by atoms with Crippen molar-refractivity contribution in [3.63, 3.8) is 0 Å². The molecule has 0 unspecified atom stereocenters. The predicted octanol–water partition coefficient (Wildman–Crippen LogP) is 2.97. The third-order valence-electron chi connectivity index (χ3n) is 6.57. The average Bonchev–Trinajstić information content (AvgIpc) is 3.52. The standard InChI is InChI=1S/C25H21N5O4.ClH/c1-26-25(33)29-7-5-14-3-2-4-16-18(13-30(9-8-29)21(14)16)20-19(23(31)28-24(20)32)17-12-27-11-15-6-10-34-22(15)17;/h2-4,6,10-13H,5,7-9H2,1H3,(H,26,33)(H,28,31,32);1H. The summed E-state index contributed by atoms with van der Waals surface area (Å²) in [5, 5.41) is 6.79. The Kier molecular flexibility index (Phi) is 5.56. The van der Waals surface area contributed by atoms with Gasteiger partial charge in [-0.3, -0.25) is 19.9 Å². The minimum Gasteiger partial charge on any atom is -0.464 e. The molecule has 0 fully saturated rings. The van der Waals surface area contributed by atoms with Crippen LogP contribution in [-0.4, -0.2) is 52.4 Å². The Balaban J connectivity index is 0.00000253. The van der Waals surface area contributed by atoms with Crippen molar-refractivity contribution in [2.75, 3.05) is 20.1 Å². The summed E-state index contributed by atoms with van der Waals surface area (Å²) in [6.07, 6.45) is 7.34. The SMILES string of the molecule is CNC(=O)N1CCc2cccc3c(C4=C(c5cncc6ccoc56)C(=O)NC4=O)cn(c23)CC1.Cl. The van der Waals surface area contributed by atoms with Crippen LogP contribution >= 0.6 is 12.4 Å². The molecule has 2 N–H and O–H groups in total. The topological polar surface area (TPSA) is 109 Å². The molecular weight excluding hydrogens is 470 g/mol. The lowest BCUT2D eigenvalue weighted by Gasteiger charge is -2.25. The van der Waals surface area contributed by atoms with Gasteiger partial charge in [0.15, 0.2) is 0 Å². The molecule has 5 heterocycles. The van der Waals surface area contributed by atoms with E-state index >= 15 is 0 Å². The van der Waals surface area contributed by atoms with Crippen molar-refractivity contribution >= 4 is 63.3 Å². The predicted molar refractivity (Wildman–Crippen MR) is 133 cm³/mol. The number of amides is 4. The number of hydrogen-bond donors (Lipinski definition) is 2. The maximum Gasteiger partial charge on any atom is 0.317 e. The van der Waals surface area contributed by atoms with Crippen LogP contribution in [0.5, 0.6) is 0 Å². The number of benzene rings is 1. The van der Waals surface area contributed by atoms with Crippen LogP contribution in [0.1, 0.15) is 16.7 Å². The van der Waals surface area contributed by atoms with E-state index in [1.165, 1.54) is 6.26 Å². The number of carbonyl (C=O) groups is 3. The molecule has 0 spiro atoms. The molecule has 2 aliphatic rings. The number of imide groups is 1. The number of rotatable bonds is 2. The molecule has 6 rings (SSSR count). The molecule has 0 radical (unpaired) electrons. The normalized spacial score (nSPS) is 15.7. The monoisotopic (exact) mass is 491 g/mol. The number of aromatic nitrogens is 2. The van der Waals surface area contributed by atoms with E-state index in [-0.39, 0.29) is 24.0 Å². The Labute approximate surface area is 206 Å². The van der Waals surface area contributed by atoms with Gasteiger partial charge in [0.25, 0.3) is 11.8 Å². The molecule has 178 valence electrons. The minimum absolute atomic E-state index is 0. The largest absolute Gasteiger partial charge is 0.464 e. The van der Waals surface area contributed by atoms with Gasteiger partial charge in [0.2, 0.25) is 0 Å². The average molecular weight is 492 g/mol. The highest BCUT2D eigenvalue weighted by atomic mass is 35.5. The Morgan fingerprint density at radius 2 is 1.86 bits per heavy atom. The second-order valence-electron chi connectivity index (χ2n) is 8.40. The van der Waals surface area contributed by atoms with E-state index in [9.17, 15) is 14.4 Å². The van der Waals surface area contributed by atoms with Crippen molar-refractivity contribution in [3.8, 4) is 0 Å². The second kappa shape index (κ2) is 8.59. The fraction of sp³-hybridized carbons (Fsp3) is 0.200. The van der Waals surface area contributed by atoms with Crippen LogP contribution in [0.25, 0.3) is 33.0 Å². The fourth-order valence-corrected chi connectivity index (χ4v) is 5.01. The Morgan fingerprint density at radius 3 is 2.66 bits per heavy atom. The molecular formula is C25H22ClN5O4. The van der Waals surface area contributed by atoms with Crippen molar-refractivity contribution in [3.05, 3.63) is 65.8 Å². The van der Waals surface area contributed by atoms with Gasteiger partial charge in [-0.1, -0.05) is 18.2 Å². The third kappa shape index (κ3) is 3.47. The van der Waals surface area contributed by atoms with Gasteiger partial charge >= 0.3 is 6.03 Å². The maximum absolute atomic E-state index is 13.1. The first-order chi connectivity index (χ1) is 16.6. The lowest BCUT2D eigenvalue weighted by molar-refractivity contribution is -0.122. The summed E-state index contributed by atoms with van der Waals surface area (Å²) in [5.41, 5.74) is 4.32. The lowest BCUT2D eigenvalue weighted by atomic mass is 9.95. The zero-order valence-corrected chi connectivity index (χ0v) is 19.6. The summed E-state index contributed by atoms with van der Waals surface area (Å²) < 4.78 is 7.71. The summed E-state index contributed by atoms with van der Waals surface area (Å²) in [4.78, 5) is 44.3. The summed E-state index contributed by atoms with van der Waals surface area (Å²) in [6.45, 7) is 1.69. The fourth-order valence-electron chi connectivity index (χ4n) is 5.01. The van der Waals surface area contributed by atoms with Gasteiger partial charge in [-0.05, 0) is 18.1 Å². The highest BCUT2D eigenvalue weighted by molar-refractivity contribution is 6.50. The Hall–Kier alpha value is -4.11. The van der Waals surface area contributed by atoms with Gasteiger partial charge in [0, 0.05) is 67.2 Å². The van der Waals surface area contributed by atoms with Crippen LogP contribution in [-0.2, 0) is 22.6 Å². The summed E-state index contributed by atoms with van der Waals surface area (Å²) in [5.74, 6) is -0.923. The van der Waals surface area contributed by atoms with Crippen LogP contribution < -0.4 is 10.6 Å². The first-order valence-corrected chi connectivity index (χ1v) is 11.1. The van der Waals surface area contributed by atoms with Crippen molar-refractivity contribution in [1.82, 2.24) is 25.1 Å². The maximum atomic E-state index is 13.1. The molecule has 0 saturated carbocycles. The zero-order valence-electron chi connectivity index (χ0n) is 18.8. The van der Waals surface area contributed by atoms with E-state index in [2.05, 4.69) is 20.2 Å². The van der Waals surface area contributed by atoms with Gasteiger partial charge in [-0.15, -0.1) is 12.4 Å². The number of pyridine rings is 1. The molecule has 4 aromatic rings. The molecule has 2 aliphatic heterocycles. The third-order valence-corrected chi connectivity index (χ3v) is 6.57. The van der Waals surface area contributed by atoms with Crippen LogP contribution in [0.3, 0.4) is 0 Å². The molecule has 3 aromatic heterocycles. The van der Waals surface area contributed by atoms with Gasteiger partial charge in [0.1, 0.15) is 5.58 Å². The lowest BCUT2D eigenvalue weighted by Crippen LogP contribution is -2.41. The summed E-state index contributed by atoms with van der Waals surface area (Å²) >= 11 is 0. The van der Waals surface area contributed by atoms with E-state index < -0.39 is 11.8 Å².